The highest BCUT2D eigenvalue weighted by molar-refractivity contribution is 5.39. The molecule has 0 saturated heterocycles. The Hall–Kier alpha value is -2.45. The maximum absolute atomic E-state index is 14.5. The number of halogens is 3. The van der Waals surface area contributed by atoms with E-state index in [0.717, 1.165) is 19.3 Å². The van der Waals surface area contributed by atoms with Gasteiger partial charge in [-0.25, -0.2) is 8.78 Å². The van der Waals surface area contributed by atoms with Crippen molar-refractivity contribution in [2.45, 2.75) is 64.4 Å². The summed E-state index contributed by atoms with van der Waals surface area (Å²) < 4.78 is 48.1. The molecule has 1 saturated carbocycles. The molecule has 166 valence electrons. The highest BCUT2D eigenvalue weighted by atomic mass is 19.2. The van der Waals surface area contributed by atoms with Gasteiger partial charge in [0.2, 0.25) is 5.82 Å². The van der Waals surface area contributed by atoms with Gasteiger partial charge in [-0.05, 0) is 74.3 Å². The molecule has 0 bridgehead atoms. The second-order valence-corrected chi connectivity index (χ2v) is 8.08. The molecule has 0 aliphatic heterocycles. The maximum Gasteiger partial charge on any atom is 0.200 e. The zero-order chi connectivity index (χ0) is 22.4. The van der Waals surface area contributed by atoms with E-state index in [1.54, 1.807) is 25.1 Å². The second-order valence-electron chi connectivity index (χ2n) is 8.08. The van der Waals surface area contributed by atoms with E-state index in [0.29, 0.717) is 36.0 Å². The number of ether oxygens (including phenoxy) is 1. The molecule has 1 atom stereocenters. The van der Waals surface area contributed by atoms with Gasteiger partial charge in [0.15, 0.2) is 11.6 Å². The molecule has 5 heteroatoms. The third kappa shape index (κ3) is 5.62. The first-order chi connectivity index (χ1) is 14.9. The summed E-state index contributed by atoms with van der Waals surface area (Å²) in [5.41, 5.74) is 1.27. The predicted molar refractivity (Wildman–Crippen MR) is 115 cm³/mol. The van der Waals surface area contributed by atoms with E-state index >= 15 is 0 Å². The van der Waals surface area contributed by atoms with E-state index in [4.69, 9.17) is 4.74 Å². The molecule has 1 aliphatic rings. The largest absolute Gasteiger partial charge is 0.491 e. The van der Waals surface area contributed by atoms with Crippen LogP contribution < -0.4 is 4.74 Å². The number of rotatable bonds is 6. The molecule has 0 amide bonds. The summed E-state index contributed by atoms with van der Waals surface area (Å²) >= 11 is 0. The van der Waals surface area contributed by atoms with Gasteiger partial charge in [0, 0.05) is 5.92 Å². The van der Waals surface area contributed by atoms with Crippen molar-refractivity contribution in [2.24, 2.45) is 5.92 Å². The highest BCUT2D eigenvalue weighted by Crippen LogP contribution is 2.38. The van der Waals surface area contributed by atoms with Crippen LogP contribution in [0.4, 0.5) is 13.2 Å². The number of hydrogen-bond acceptors (Lipinski definition) is 2. The predicted octanol–water partition coefficient (Wildman–Crippen LogP) is 6.66. The normalized spacial score (nSPS) is 19.4. The van der Waals surface area contributed by atoms with Crippen molar-refractivity contribution in [3.05, 3.63) is 64.5 Å². The molecule has 2 aromatic rings. The van der Waals surface area contributed by atoms with Crippen LogP contribution in [0.1, 0.15) is 81.1 Å². The van der Waals surface area contributed by atoms with Crippen LogP contribution in [0.2, 0.25) is 0 Å². The van der Waals surface area contributed by atoms with Crippen molar-refractivity contribution in [2.75, 3.05) is 6.61 Å². The zero-order valence-electron chi connectivity index (χ0n) is 18.1. The fourth-order valence-electron chi connectivity index (χ4n) is 4.14. The van der Waals surface area contributed by atoms with Gasteiger partial charge in [-0.2, -0.15) is 4.39 Å². The molecule has 1 aliphatic carbocycles. The van der Waals surface area contributed by atoms with Gasteiger partial charge in [-0.15, -0.1) is 0 Å². The molecule has 2 aromatic carbocycles. The van der Waals surface area contributed by atoms with Crippen LogP contribution in [0.3, 0.4) is 0 Å². The summed E-state index contributed by atoms with van der Waals surface area (Å²) in [5.74, 6) is 3.85. The first-order valence-electron chi connectivity index (χ1n) is 11.0. The third-order valence-electron chi connectivity index (χ3n) is 5.89. The Balaban J connectivity index is 1.63. The van der Waals surface area contributed by atoms with Gasteiger partial charge in [0.05, 0.1) is 18.3 Å². The van der Waals surface area contributed by atoms with Gasteiger partial charge in [-0.1, -0.05) is 37.3 Å². The van der Waals surface area contributed by atoms with Crippen molar-refractivity contribution < 1.29 is 23.0 Å². The van der Waals surface area contributed by atoms with Crippen LogP contribution in [0.5, 0.6) is 5.75 Å². The molecule has 0 aromatic heterocycles. The summed E-state index contributed by atoms with van der Waals surface area (Å²) in [5, 5.41) is 10.0. The van der Waals surface area contributed by atoms with Crippen LogP contribution in [-0.4, -0.2) is 11.7 Å². The van der Waals surface area contributed by atoms with E-state index in [1.165, 1.54) is 12.1 Å². The molecule has 0 radical (unpaired) electrons. The Morgan fingerprint density at radius 3 is 2.42 bits per heavy atom. The summed E-state index contributed by atoms with van der Waals surface area (Å²) in [6.07, 6.45) is 3.65. The lowest BCUT2D eigenvalue weighted by Crippen LogP contribution is -2.14. The SMILES string of the molecule is CCCC(O)c1ccc(C#CC2CCC(c3ccc(OCC)c(F)c3F)CC2)c(F)c1. The standard InChI is InChI=1S/C26H29F3O2/c1-3-5-23(30)20-13-12-19(22(27)16-20)11-8-17-6-9-18(10-7-17)21-14-15-24(31-4-2)26(29)25(21)28/h12-18,23,30H,3-7,9-10H2,1-2H3. The summed E-state index contributed by atoms with van der Waals surface area (Å²) in [6, 6.07) is 7.79. The van der Waals surface area contributed by atoms with Crippen molar-refractivity contribution in [3.8, 4) is 17.6 Å². The van der Waals surface area contributed by atoms with Crippen LogP contribution >= 0.6 is 0 Å². The molecule has 1 fully saturated rings. The average Bonchev–Trinajstić information content (AvgIpc) is 2.77. The quantitative estimate of drug-likeness (QED) is 0.519. The maximum atomic E-state index is 14.5. The molecule has 1 N–H and O–H groups in total. The topological polar surface area (TPSA) is 29.5 Å². The highest BCUT2D eigenvalue weighted by Gasteiger charge is 2.26. The molecule has 31 heavy (non-hydrogen) atoms. The van der Waals surface area contributed by atoms with E-state index in [2.05, 4.69) is 11.8 Å². The Labute approximate surface area is 182 Å². The lowest BCUT2D eigenvalue weighted by atomic mass is 9.78. The molecule has 2 nitrogen and oxygen atoms in total. The monoisotopic (exact) mass is 430 g/mol. The Kier molecular flexibility index (Phi) is 8.03. The summed E-state index contributed by atoms with van der Waals surface area (Å²) in [6.45, 7) is 3.97. The van der Waals surface area contributed by atoms with Gasteiger partial charge < -0.3 is 9.84 Å². The lowest BCUT2D eigenvalue weighted by molar-refractivity contribution is 0.166. The first kappa shape index (κ1) is 23.2. The molecule has 3 rings (SSSR count). The fourth-order valence-corrected chi connectivity index (χ4v) is 4.14. The second kappa shape index (κ2) is 10.7. The summed E-state index contributed by atoms with van der Waals surface area (Å²) in [4.78, 5) is 0. The number of aliphatic hydroxyl groups is 1. The van der Waals surface area contributed by atoms with Crippen molar-refractivity contribution in [1.29, 1.82) is 0 Å². The Morgan fingerprint density at radius 1 is 1.03 bits per heavy atom. The minimum Gasteiger partial charge on any atom is -0.491 e. The minimum atomic E-state index is -0.927. The van der Waals surface area contributed by atoms with Gasteiger partial charge in [0.1, 0.15) is 5.82 Å². The third-order valence-corrected chi connectivity index (χ3v) is 5.89. The molecular weight excluding hydrogens is 401 g/mol. The number of aliphatic hydroxyl groups excluding tert-OH is 1. The Bertz CT molecular complexity index is 953. The van der Waals surface area contributed by atoms with Crippen LogP contribution in [0.25, 0.3) is 0 Å². The van der Waals surface area contributed by atoms with Gasteiger partial charge >= 0.3 is 0 Å². The van der Waals surface area contributed by atoms with E-state index in [-0.39, 0.29) is 24.2 Å². The first-order valence-corrected chi connectivity index (χ1v) is 11.0. The van der Waals surface area contributed by atoms with Gasteiger partial charge in [0.25, 0.3) is 0 Å². The summed E-state index contributed by atoms with van der Waals surface area (Å²) in [7, 11) is 0. The minimum absolute atomic E-state index is 0.0562. The van der Waals surface area contributed by atoms with Crippen molar-refractivity contribution >= 4 is 0 Å². The van der Waals surface area contributed by atoms with E-state index in [9.17, 15) is 18.3 Å². The van der Waals surface area contributed by atoms with Crippen LogP contribution in [-0.2, 0) is 0 Å². The number of benzene rings is 2. The van der Waals surface area contributed by atoms with E-state index in [1.807, 2.05) is 6.92 Å². The molecule has 0 spiro atoms. The smallest absolute Gasteiger partial charge is 0.200 e. The van der Waals surface area contributed by atoms with Crippen LogP contribution in [0, 0.1) is 35.2 Å². The number of hydrogen-bond donors (Lipinski definition) is 1. The Morgan fingerprint density at radius 2 is 1.77 bits per heavy atom. The van der Waals surface area contributed by atoms with Crippen molar-refractivity contribution in [3.63, 3.8) is 0 Å². The van der Waals surface area contributed by atoms with Crippen molar-refractivity contribution in [1.82, 2.24) is 0 Å². The van der Waals surface area contributed by atoms with Gasteiger partial charge in [-0.3, -0.25) is 0 Å². The zero-order valence-corrected chi connectivity index (χ0v) is 18.1. The molecule has 0 heterocycles. The molecule has 1 unspecified atom stereocenters. The average molecular weight is 431 g/mol. The lowest BCUT2D eigenvalue weighted by Gasteiger charge is -2.26. The van der Waals surface area contributed by atoms with Crippen LogP contribution in [0.15, 0.2) is 30.3 Å². The van der Waals surface area contributed by atoms with E-state index < -0.39 is 23.6 Å². The molecular formula is C26H29F3O2. The fraction of sp³-hybridized carbons (Fsp3) is 0.462.